The van der Waals surface area contributed by atoms with Crippen molar-refractivity contribution in [3.63, 3.8) is 0 Å². The molecule has 1 heterocycles. The fourth-order valence-electron chi connectivity index (χ4n) is 3.59. The standard InChI is InChI=1S/C15H25N3O2S/c1-12-15(11-18(16-12)14-9-5-6-10-14)21(19,20)17-13-7-3-2-4-8-13/h11,13-14,17H,2-10H2,1H3. The van der Waals surface area contributed by atoms with E-state index in [0.29, 0.717) is 16.6 Å². The van der Waals surface area contributed by atoms with Gasteiger partial charge in [-0.3, -0.25) is 4.68 Å². The van der Waals surface area contributed by atoms with Gasteiger partial charge >= 0.3 is 0 Å². The second-order valence-electron chi connectivity index (χ2n) is 6.45. The van der Waals surface area contributed by atoms with Crippen molar-refractivity contribution in [3.05, 3.63) is 11.9 Å². The molecule has 3 rings (SSSR count). The predicted octanol–water partition coefficient (Wildman–Crippen LogP) is 2.92. The number of aromatic nitrogens is 2. The molecule has 0 unspecified atom stereocenters. The monoisotopic (exact) mass is 311 g/mol. The van der Waals surface area contributed by atoms with Gasteiger partial charge in [-0.25, -0.2) is 13.1 Å². The van der Waals surface area contributed by atoms with Crippen molar-refractivity contribution in [2.75, 3.05) is 0 Å². The lowest BCUT2D eigenvalue weighted by molar-refractivity contribution is 0.412. The van der Waals surface area contributed by atoms with Gasteiger partial charge in [0.1, 0.15) is 4.90 Å². The van der Waals surface area contributed by atoms with Gasteiger partial charge < -0.3 is 0 Å². The lowest BCUT2D eigenvalue weighted by Crippen LogP contribution is -2.36. The first-order chi connectivity index (χ1) is 10.1. The molecule has 0 saturated heterocycles. The van der Waals surface area contributed by atoms with Gasteiger partial charge in [0, 0.05) is 12.2 Å². The van der Waals surface area contributed by atoms with Crippen LogP contribution in [0.4, 0.5) is 0 Å². The SMILES string of the molecule is Cc1nn(C2CCCC2)cc1S(=O)(=O)NC1CCCCC1. The maximum absolute atomic E-state index is 12.6. The molecule has 2 saturated carbocycles. The molecule has 1 aromatic rings. The summed E-state index contributed by atoms with van der Waals surface area (Å²) >= 11 is 0. The molecule has 0 atom stereocenters. The van der Waals surface area contributed by atoms with E-state index in [-0.39, 0.29) is 6.04 Å². The van der Waals surface area contributed by atoms with E-state index in [4.69, 9.17) is 0 Å². The minimum absolute atomic E-state index is 0.0954. The summed E-state index contributed by atoms with van der Waals surface area (Å²) in [5.74, 6) is 0. The number of nitrogens with one attached hydrogen (secondary N) is 1. The van der Waals surface area contributed by atoms with Crippen molar-refractivity contribution >= 4 is 10.0 Å². The highest BCUT2D eigenvalue weighted by Gasteiger charge is 2.27. The maximum Gasteiger partial charge on any atom is 0.244 e. The number of hydrogen-bond acceptors (Lipinski definition) is 3. The molecule has 0 radical (unpaired) electrons. The van der Waals surface area contributed by atoms with Crippen LogP contribution in [0, 0.1) is 6.92 Å². The summed E-state index contributed by atoms with van der Waals surface area (Å²) in [7, 11) is -3.43. The Labute approximate surface area is 127 Å². The summed E-state index contributed by atoms with van der Waals surface area (Å²) in [6.45, 7) is 1.79. The Morgan fingerprint density at radius 1 is 1.10 bits per heavy atom. The topological polar surface area (TPSA) is 64.0 Å². The molecule has 118 valence electrons. The zero-order chi connectivity index (χ0) is 14.9. The molecule has 0 spiro atoms. The van der Waals surface area contributed by atoms with Crippen LogP contribution in [0.2, 0.25) is 0 Å². The van der Waals surface area contributed by atoms with Crippen molar-refractivity contribution in [1.82, 2.24) is 14.5 Å². The van der Waals surface area contributed by atoms with Gasteiger partial charge in [0.05, 0.1) is 11.7 Å². The molecule has 21 heavy (non-hydrogen) atoms. The molecule has 6 heteroatoms. The Hall–Kier alpha value is -0.880. The average Bonchev–Trinajstić information content (AvgIpc) is 3.08. The molecule has 2 aliphatic rings. The number of rotatable bonds is 4. The van der Waals surface area contributed by atoms with Crippen LogP contribution in [0.15, 0.2) is 11.1 Å². The first kappa shape index (κ1) is 15.0. The zero-order valence-electron chi connectivity index (χ0n) is 12.7. The van der Waals surface area contributed by atoms with Crippen molar-refractivity contribution in [3.8, 4) is 0 Å². The van der Waals surface area contributed by atoms with E-state index >= 15 is 0 Å². The van der Waals surface area contributed by atoms with Gasteiger partial charge in [-0.1, -0.05) is 32.1 Å². The van der Waals surface area contributed by atoms with Gasteiger partial charge in [0.25, 0.3) is 0 Å². The quantitative estimate of drug-likeness (QED) is 0.930. The first-order valence-corrected chi connectivity index (χ1v) is 9.63. The smallest absolute Gasteiger partial charge is 0.244 e. The zero-order valence-corrected chi connectivity index (χ0v) is 13.5. The number of hydrogen-bond donors (Lipinski definition) is 1. The third kappa shape index (κ3) is 3.31. The molecule has 0 aromatic carbocycles. The number of aryl methyl sites for hydroxylation is 1. The van der Waals surface area contributed by atoms with Crippen LogP contribution in [0.25, 0.3) is 0 Å². The number of sulfonamides is 1. The van der Waals surface area contributed by atoms with Gasteiger partial charge in [-0.15, -0.1) is 0 Å². The molecule has 2 aliphatic carbocycles. The Morgan fingerprint density at radius 3 is 2.38 bits per heavy atom. The summed E-state index contributed by atoms with van der Waals surface area (Å²) in [4.78, 5) is 0.361. The largest absolute Gasteiger partial charge is 0.268 e. The Kier molecular flexibility index (Phi) is 4.36. The molecule has 1 aromatic heterocycles. The normalized spacial score (nSPS) is 22.0. The number of nitrogens with zero attached hydrogens (tertiary/aromatic N) is 2. The Morgan fingerprint density at radius 2 is 1.71 bits per heavy atom. The highest BCUT2D eigenvalue weighted by atomic mass is 32.2. The maximum atomic E-state index is 12.6. The fraction of sp³-hybridized carbons (Fsp3) is 0.800. The average molecular weight is 311 g/mol. The molecule has 5 nitrogen and oxygen atoms in total. The van der Waals surface area contributed by atoms with E-state index in [1.54, 1.807) is 13.1 Å². The van der Waals surface area contributed by atoms with Gasteiger partial charge in [-0.2, -0.15) is 5.10 Å². The van der Waals surface area contributed by atoms with Crippen LogP contribution < -0.4 is 4.72 Å². The Balaban J connectivity index is 1.77. The van der Waals surface area contributed by atoms with Crippen molar-refractivity contribution < 1.29 is 8.42 Å². The summed E-state index contributed by atoms with van der Waals surface area (Å²) in [6.07, 6.45) is 11.7. The summed E-state index contributed by atoms with van der Waals surface area (Å²) < 4.78 is 29.9. The van der Waals surface area contributed by atoms with E-state index in [1.165, 1.54) is 19.3 Å². The molecular weight excluding hydrogens is 286 g/mol. The van der Waals surface area contributed by atoms with Crippen LogP contribution in [0.1, 0.15) is 69.5 Å². The molecule has 2 fully saturated rings. The second kappa shape index (κ2) is 6.08. The molecule has 1 N–H and O–H groups in total. The van der Waals surface area contributed by atoms with E-state index in [2.05, 4.69) is 9.82 Å². The Bertz CT molecular complexity index is 582. The first-order valence-electron chi connectivity index (χ1n) is 8.14. The minimum Gasteiger partial charge on any atom is -0.268 e. The van der Waals surface area contributed by atoms with E-state index in [0.717, 1.165) is 38.5 Å². The van der Waals surface area contributed by atoms with E-state index in [1.807, 2.05) is 4.68 Å². The predicted molar refractivity (Wildman–Crippen MR) is 81.7 cm³/mol. The third-order valence-corrected chi connectivity index (χ3v) is 6.41. The molecule has 0 amide bonds. The van der Waals surface area contributed by atoms with Crippen molar-refractivity contribution in [2.24, 2.45) is 0 Å². The van der Waals surface area contributed by atoms with E-state index in [9.17, 15) is 8.42 Å². The van der Waals surface area contributed by atoms with Gasteiger partial charge in [0.15, 0.2) is 0 Å². The second-order valence-corrected chi connectivity index (χ2v) is 8.14. The van der Waals surface area contributed by atoms with Crippen LogP contribution in [-0.2, 0) is 10.0 Å². The van der Waals surface area contributed by atoms with Crippen LogP contribution in [0.5, 0.6) is 0 Å². The van der Waals surface area contributed by atoms with Crippen molar-refractivity contribution in [2.45, 2.75) is 81.7 Å². The molecule has 0 aliphatic heterocycles. The van der Waals surface area contributed by atoms with E-state index < -0.39 is 10.0 Å². The lowest BCUT2D eigenvalue weighted by Gasteiger charge is -2.22. The van der Waals surface area contributed by atoms with Gasteiger partial charge in [0.2, 0.25) is 10.0 Å². The minimum atomic E-state index is -3.43. The van der Waals surface area contributed by atoms with Gasteiger partial charge in [-0.05, 0) is 32.6 Å². The summed E-state index contributed by atoms with van der Waals surface area (Å²) in [5, 5.41) is 4.45. The lowest BCUT2D eigenvalue weighted by atomic mass is 9.96. The van der Waals surface area contributed by atoms with Crippen molar-refractivity contribution in [1.29, 1.82) is 0 Å². The highest BCUT2D eigenvalue weighted by Crippen LogP contribution is 2.30. The third-order valence-electron chi connectivity index (χ3n) is 4.79. The summed E-state index contributed by atoms with van der Waals surface area (Å²) in [6, 6.07) is 0.473. The fourth-order valence-corrected chi connectivity index (χ4v) is 5.07. The molecular formula is C15H25N3O2S. The molecule has 0 bridgehead atoms. The highest BCUT2D eigenvalue weighted by molar-refractivity contribution is 7.89. The van der Waals surface area contributed by atoms with Crippen LogP contribution in [-0.4, -0.2) is 24.2 Å². The summed E-state index contributed by atoms with van der Waals surface area (Å²) in [5.41, 5.74) is 0.616. The van der Waals surface area contributed by atoms with Crippen LogP contribution >= 0.6 is 0 Å². The van der Waals surface area contributed by atoms with Crippen LogP contribution in [0.3, 0.4) is 0 Å².